The third-order valence-corrected chi connectivity index (χ3v) is 2.82. The third-order valence-electron chi connectivity index (χ3n) is 2.43. The average molecular weight is 228 g/mol. The van der Waals surface area contributed by atoms with Crippen LogP contribution in [0.25, 0.3) is 0 Å². The van der Waals surface area contributed by atoms with Crippen LogP contribution in [0, 0.1) is 13.8 Å². The molecule has 0 bridgehead atoms. The fourth-order valence-corrected chi connectivity index (χ4v) is 1.93. The molecule has 0 saturated carbocycles. The molecule has 1 aromatic carbocycles. The smallest absolute Gasteiger partial charge is 0.127 e. The molecule has 0 aliphatic rings. The topological polar surface area (TPSA) is 21.3 Å². The van der Waals surface area contributed by atoms with Gasteiger partial charge in [0.2, 0.25) is 0 Å². The van der Waals surface area contributed by atoms with Crippen molar-refractivity contribution in [2.45, 2.75) is 27.3 Å². The Morgan fingerprint density at radius 2 is 2.07 bits per heavy atom. The predicted octanol–water partition coefficient (Wildman–Crippen LogP) is 3.07. The molecule has 1 aromatic rings. The van der Waals surface area contributed by atoms with Crippen molar-refractivity contribution in [3.63, 3.8) is 0 Å². The van der Waals surface area contributed by atoms with Gasteiger partial charge in [-0.1, -0.05) is 11.6 Å². The molecule has 0 saturated heterocycles. The van der Waals surface area contributed by atoms with Crippen LogP contribution in [-0.2, 0) is 6.54 Å². The van der Waals surface area contributed by atoms with Gasteiger partial charge in [0.05, 0.1) is 6.61 Å². The number of hydrogen-bond donors (Lipinski definition) is 1. The minimum Gasteiger partial charge on any atom is -0.493 e. The van der Waals surface area contributed by atoms with Crippen LogP contribution in [0.2, 0.25) is 5.02 Å². The van der Waals surface area contributed by atoms with Crippen molar-refractivity contribution in [3.8, 4) is 5.75 Å². The molecule has 0 heterocycles. The first kappa shape index (κ1) is 12.3. The summed E-state index contributed by atoms with van der Waals surface area (Å²) in [6.45, 7) is 7.50. The third kappa shape index (κ3) is 2.64. The van der Waals surface area contributed by atoms with Crippen molar-refractivity contribution in [2.75, 3.05) is 13.7 Å². The first-order valence-electron chi connectivity index (χ1n) is 5.17. The molecule has 0 aromatic heterocycles. The summed E-state index contributed by atoms with van der Waals surface area (Å²) in [6.07, 6.45) is 0. The molecule has 0 atom stereocenters. The summed E-state index contributed by atoms with van der Waals surface area (Å²) in [6, 6.07) is 1.96. The second-order valence-electron chi connectivity index (χ2n) is 3.57. The minimum absolute atomic E-state index is 0.679. The molecule has 0 unspecified atom stereocenters. The van der Waals surface area contributed by atoms with E-state index in [4.69, 9.17) is 16.3 Å². The van der Waals surface area contributed by atoms with Crippen LogP contribution in [0.15, 0.2) is 6.07 Å². The van der Waals surface area contributed by atoms with E-state index >= 15 is 0 Å². The molecule has 0 fully saturated rings. The van der Waals surface area contributed by atoms with Gasteiger partial charge >= 0.3 is 0 Å². The van der Waals surface area contributed by atoms with E-state index in [2.05, 4.69) is 5.32 Å². The van der Waals surface area contributed by atoms with Crippen molar-refractivity contribution in [1.82, 2.24) is 5.32 Å². The lowest BCUT2D eigenvalue weighted by atomic mass is 10.0. The summed E-state index contributed by atoms with van der Waals surface area (Å²) < 4.78 is 5.66. The highest BCUT2D eigenvalue weighted by atomic mass is 35.5. The average Bonchev–Trinajstić information content (AvgIpc) is 2.20. The number of aryl methyl sites for hydroxylation is 1. The molecule has 1 N–H and O–H groups in total. The van der Waals surface area contributed by atoms with E-state index in [1.54, 1.807) is 0 Å². The molecular weight excluding hydrogens is 210 g/mol. The molecule has 15 heavy (non-hydrogen) atoms. The molecule has 0 aliphatic heterocycles. The highest BCUT2D eigenvalue weighted by Gasteiger charge is 2.12. The Morgan fingerprint density at radius 1 is 1.40 bits per heavy atom. The summed E-state index contributed by atoms with van der Waals surface area (Å²) in [5, 5.41) is 3.95. The molecule has 0 amide bonds. The van der Waals surface area contributed by atoms with Crippen LogP contribution in [0.5, 0.6) is 5.75 Å². The molecular formula is C12H18ClNO. The monoisotopic (exact) mass is 227 g/mol. The van der Waals surface area contributed by atoms with Gasteiger partial charge in [0.15, 0.2) is 0 Å². The standard InChI is InChI=1S/C12H18ClNO/c1-5-15-12-8(2)6-11(13)9(3)10(12)7-14-4/h6,14H,5,7H2,1-4H3. The van der Waals surface area contributed by atoms with Crippen molar-refractivity contribution in [3.05, 3.63) is 27.8 Å². The van der Waals surface area contributed by atoms with Crippen molar-refractivity contribution in [1.29, 1.82) is 0 Å². The Kier molecular flexibility index (Phi) is 4.43. The quantitative estimate of drug-likeness (QED) is 0.854. The summed E-state index contributed by atoms with van der Waals surface area (Å²) in [7, 11) is 1.92. The predicted molar refractivity (Wildman–Crippen MR) is 64.9 cm³/mol. The Hall–Kier alpha value is -0.730. The minimum atomic E-state index is 0.679. The van der Waals surface area contributed by atoms with Gasteiger partial charge in [-0.2, -0.15) is 0 Å². The van der Waals surface area contributed by atoms with Gasteiger partial charge < -0.3 is 10.1 Å². The number of halogens is 1. The van der Waals surface area contributed by atoms with Gasteiger partial charge in [-0.15, -0.1) is 0 Å². The summed E-state index contributed by atoms with van der Waals surface area (Å²) in [5.74, 6) is 0.966. The lowest BCUT2D eigenvalue weighted by Crippen LogP contribution is -2.10. The Balaban J connectivity index is 3.26. The molecule has 0 aliphatic carbocycles. The van der Waals surface area contributed by atoms with E-state index in [1.165, 1.54) is 0 Å². The van der Waals surface area contributed by atoms with E-state index in [9.17, 15) is 0 Å². The number of nitrogens with one attached hydrogen (secondary N) is 1. The van der Waals surface area contributed by atoms with Gasteiger partial charge in [0.1, 0.15) is 5.75 Å². The second-order valence-corrected chi connectivity index (χ2v) is 3.98. The SMILES string of the molecule is CCOc1c(C)cc(Cl)c(C)c1CNC. The zero-order chi connectivity index (χ0) is 11.4. The second kappa shape index (κ2) is 5.38. The normalized spacial score (nSPS) is 10.5. The molecule has 1 rings (SSSR count). The summed E-state index contributed by atoms with van der Waals surface area (Å²) in [4.78, 5) is 0. The lowest BCUT2D eigenvalue weighted by Gasteiger charge is -2.16. The molecule has 0 radical (unpaired) electrons. The van der Waals surface area contributed by atoms with E-state index in [1.807, 2.05) is 33.9 Å². The molecule has 3 heteroatoms. The fraction of sp³-hybridized carbons (Fsp3) is 0.500. The van der Waals surface area contributed by atoms with Crippen molar-refractivity contribution in [2.24, 2.45) is 0 Å². The Morgan fingerprint density at radius 3 is 2.60 bits per heavy atom. The van der Waals surface area contributed by atoms with E-state index in [0.29, 0.717) is 6.61 Å². The highest BCUT2D eigenvalue weighted by Crippen LogP contribution is 2.32. The Labute approximate surface area is 96.6 Å². The van der Waals surface area contributed by atoms with E-state index < -0.39 is 0 Å². The van der Waals surface area contributed by atoms with Crippen LogP contribution < -0.4 is 10.1 Å². The summed E-state index contributed by atoms with van der Waals surface area (Å²) >= 11 is 6.14. The van der Waals surface area contributed by atoms with Crippen LogP contribution in [-0.4, -0.2) is 13.7 Å². The van der Waals surface area contributed by atoms with E-state index in [-0.39, 0.29) is 0 Å². The van der Waals surface area contributed by atoms with Crippen LogP contribution in [0.1, 0.15) is 23.6 Å². The zero-order valence-corrected chi connectivity index (χ0v) is 10.5. The van der Waals surface area contributed by atoms with Crippen LogP contribution in [0.4, 0.5) is 0 Å². The van der Waals surface area contributed by atoms with Crippen LogP contribution >= 0.6 is 11.6 Å². The van der Waals surface area contributed by atoms with Crippen molar-refractivity contribution >= 4 is 11.6 Å². The van der Waals surface area contributed by atoms with Gasteiger partial charge in [-0.25, -0.2) is 0 Å². The first-order valence-corrected chi connectivity index (χ1v) is 5.55. The summed E-state index contributed by atoms with van der Waals surface area (Å²) in [5.41, 5.74) is 3.35. The number of benzene rings is 1. The van der Waals surface area contributed by atoms with Gasteiger partial charge in [0, 0.05) is 17.1 Å². The molecule has 2 nitrogen and oxygen atoms in total. The van der Waals surface area contributed by atoms with E-state index in [0.717, 1.165) is 34.0 Å². The Bertz CT molecular complexity index is 350. The number of ether oxygens (including phenoxy) is 1. The number of hydrogen-bond acceptors (Lipinski definition) is 2. The largest absolute Gasteiger partial charge is 0.493 e. The lowest BCUT2D eigenvalue weighted by molar-refractivity contribution is 0.333. The van der Waals surface area contributed by atoms with Gasteiger partial charge in [-0.3, -0.25) is 0 Å². The van der Waals surface area contributed by atoms with Crippen molar-refractivity contribution < 1.29 is 4.74 Å². The number of rotatable bonds is 4. The van der Waals surface area contributed by atoms with Gasteiger partial charge in [-0.05, 0) is 45.0 Å². The van der Waals surface area contributed by atoms with Crippen LogP contribution in [0.3, 0.4) is 0 Å². The maximum absolute atomic E-state index is 6.14. The molecule has 84 valence electrons. The zero-order valence-electron chi connectivity index (χ0n) is 9.78. The molecule has 0 spiro atoms. The maximum Gasteiger partial charge on any atom is 0.127 e. The maximum atomic E-state index is 6.14. The fourth-order valence-electron chi connectivity index (χ4n) is 1.65. The highest BCUT2D eigenvalue weighted by molar-refractivity contribution is 6.31. The van der Waals surface area contributed by atoms with Gasteiger partial charge in [0.25, 0.3) is 0 Å². The first-order chi connectivity index (χ1) is 7.11.